The lowest BCUT2D eigenvalue weighted by Crippen LogP contribution is -2.32. The number of nitrogens with one attached hydrogen (secondary N) is 1. The van der Waals surface area contributed by atoms with E-state index in [2.05, 4.69) is 5.32 Å². The van der Waals surface area contributed by atoms with Crippen molar-refractivity contribution in [2.24, 2.45) is 0 Å². The molecule has 2 atom stereocenters. The van der Waals surface area contributed by atoms with Crippen LogP contribution in [0.3, 0.4) is 0 Å². The number of thioether (sulfide) groups is 1. The van der Waals surface area contributed by atoms with Gasteiger partial charge < -0.3 is 10.1 Å². The normalized spacial score (nSPS) is 12.7. The van der Waals surface area contributed by atoms with Crippen LogP contribution in [0.1, 0.15) is 31.1 Å². The molecule has 1 amide bonds. The smallest absolute Gasteiger partial charge is 0.319 e. The lowest BCUT2D eigenvalue weighted by Gasteiger charge is -2.16. The van der Waals surface area contributed by atoms with Gasteiger partial charge in [-0.25, -0.2) is 0 Å². The van der Waals surface area contributed by atoms with E-state index in [9.17, 15) is 14.4 Å². The van der Waals surface area contributed by atoms with E-state index in [1.807, 2.05) is 12.1 Å². The summed E-state index contributed by atoms with van der Waals surface area (Å²) in [6.45, 7) is 4.66. The van der Waals surface area contributed by atoms with Crippen molar-refractivity contribution in [3.63, 3.8) is 0 Å². The second-order valence-corrected chi connectivity index (χ2v) is 7.77. The summed E-state index contributed by atoms with van der Waals surface area (Å²) in [5.74, 6) is -1.05. The molecule has 142 valence electrons. The van der Waals surface area contributed by atoms with Crippen molar-refractivity contribution in [3.8, 4) is 0 Å². The Morgan fingerprint density at radius 2 is 1.74 bits per heavy atom. The number of ketones is 1. The van der Waals surface area contributed by atoms with E-state index in [4.69, 9.17) is 16.3 Å². The number of hydrogen-bond donors (Lipinski definition) is 1. The second-order valence-electron chi connectivity index (χ2n) is 5.92. The number of halogens is 1. The van der Waals surface area contributed by atoms with Crippen LogP contribution in [0.5, 0.6) is 0 Å². The van der Waals surface area contributed by atoms with Gasteiger partial charge in [-0.2, -0.15) is 0 Å². The number of carbonyl (C=O) groups excluding carboxylic acids is 3. The summed E-state index contributed by atoms with van der Waals surface area (Å²) in [4.78, 5) is 36.8. The van der Waals surface area contributed by atoms with Crippen molar-refractivity contribution in [1.29, 1.82) is 0 Å². The molecule has 2 aromatic rings. The van der Waals surface area contributed by atoms with Crippen LogP contribution >= 0.6 is 23.4 Å². The van der Waals surface area contributed by atoms with E-state index in [0.717, 1.165) is 4.90 Å². The third-order valence-electron chi connectivity index (χ3n) is 3.66. The van der Waals surface area contributed by atoms with E-state index < -0.39 is 23.2 Å². The van der Waals surface area contributed by atoms with Gasteiger partial charge in [0, 0.05) is 21.2 Å². The molecule has 0 bridgehead atoms. The molecule has 0 aliphatic carbocycles. The number of anilines is 1. The first kappa shape index (κ1) is 21.0. The molecule has 7 heteroatoms. The van der Waals surface area contributed by atoms with E-state index in [0.29, 0.717) is 16.3 Å². The Morgan fingerprint density at radius 1 is 1.07 bits per heavy atom. The van der Waals surface area contributed by atoms with Crippen molar-refractivity contribution < 1.29 is 19.1 Å². The van der Waals surface area contributed by atoms with Gasteiger partial charge in [0.15, 0.2) is 11.9 Å². The minimum atomic E-state index is -0.966. The number of amides is 1. The van der Waals surface area contributed by atoms with Crippen molar-refractivity contribution in [2.75, 3.05) is 5.32 Å². The third kappa shape index (κ3) is 6.41. The highest BCUT2D eigenvalue weighted by molar-refractivity contribution is 8.00. The summed E-state index contributed by atoms with van der Waals surface area (Å²) in [5, 5.41) is 2.78. The van der Waals surface area contributed by atoms with E-state index in [1.54, 1.807) is 43.3 Å². The molecule has 0 saturated carbocycles. The molecule has 5 nitrogen and oxygen atoms in total. The van der Waals surface area contributed by atoms with Crippen LogP contribution in [0.25, 0.3) is 0 Å². The third-order valence-corrected chi connectivity index (χ3v) is 5.00. The Labute approximate surface area is 167 Å². The number of benzene rings is 2. The SMILES string of the molecule is CC(=O)c1cccc(NC(=O)[C@@H](C)OC(=O)[C@H](C)Sc2ccc(Cl)cc2)c1. The average molecular weight is 406 g/mol. The Morgan fingerprint density at radius 3 is 2.37 bits per heavy atom. The Hall–Kier alpha value is -2.31. The molecule has 0 spiro atoms. The van der Waals surface area contributed by atoms with E-state index in [1.165, 1.54) is 25.6 Å². The summed E-state index contributed by atoms with van der Waals surface area (Å²) < 4.78 is 5.25. The van der Waals surface area contributed by atoms with Crippen molar-refractivity contribution in [2.45, 2.75) is 37.0 Å². The molecule has 0 unspecified atom stereocenters. The molecule has 1 N–H and O–H groups in total. The molecular formula is C20H20ClNO4S. The molecule has 27 heavy (non-hydrogen) atoms. The zero-order valence-electron chi connectivity index (χ0n) is 15.2. The van der Waals surface area contributed by atoms with Crippen molar-refractivity contribution in [1.82, 2.24) is 0 Å². The molecule has 0 aromatic heterocycles. The van der Waals surface area contributed by atoms with Gasteiger partial charge in [0.05, 0.1) is 0 Å². The van der Waals surface area contributed by atoms with Gasteiger partial charge in [0.1, 0.15) is 5.25 Å². The molecule has 0 saturated heterocycles. The molecule has 2 rings (SSSR count). The maximum Gasteiger partial charge on any atom is 0.319 e. The zero-order chi connectivity index (χ0) is 20.0. The fourth-order valence-corrected chi connectivity index (χ4v) is 3.13. The summed E-state index contributed by atoms with van der Waals surface area (Å²) >= 11 is 7.16. The number of carbonyl (C=O) groups is 3. The summed E-state index contributed by atoms with van der Waals surface area (Å²) in [6, 6.07) is 13.7. The van der Waals surface area contributed by atoms with Gasteiger partial charge in [0.25, 0.3) is 5.91 Å². The monoisotopic (exact) mass is 405 g/mol. The van der Waals surface area contributed by atoms with Gasteiger partial charge in [-0.3, -0.25) is 14.4 Å². The van der Waals surface area contributed by atoms with Crippen LogP contribution in [-0.4, -0.2) is 29.0 Å². The number of esters is 1. The Kier molecular flexibility index (Phi) is 7.45. The Bertz CT molecular complexity index is 838. The van der Waals surface area contributed by atoms with Gasteiger partial charge in [-0.15, -0.1) is 11.8 Å². The highest BCUT2D eigenvalue weighted by Gasteiger charge is 2.23. The topological polar surface area (TPSA) is 72.5 Å². The molecule has 2 aromatic carbocycles. The van der Waals surface area contributed by atoms with Crippen LogP contribution < -0.4 is 5.32 Å². The largest absolute Gasteiger partial charge is 0.452 e. The fraction of sp³-hybridized carbons (Fsp3) is 0.250. The van der Waals surface area contributed by atoms with Crippen LogP contribution in [0, 0.1) is 0 Å². The minimum absolute atomic E-state index is 0.0985. The average Bonchev–Trinajstić information content (AvgIpc) is 2.63. The minimum Gasteiger partial charge on any atom is -0.452 e. The number of Topliss-reactive ketones (excluding diaryl/α,β-unsaturated/α-hetero) is 1. The van der Waals surface area contributed by atoms with Crippen LogP contribution in [0.15, 0.2) is 53.4 Å². The molecule has 0 heterocycles. The predicted octanol–water partition coefficient (Wildman–Crippen LogP) is 4.59. The van der Waals surface area contributed by atoms with Gasteiger partial charge >= 0.3 is 5.97 Å². The summed E-state index contributed by atoms with van der Waals surface area (Å²) in [6.07, 6.45) is -0.966. The molecular weight excluding hydrogens is 386 g/mol. The van der Waals surface area contributed by atoms with Crippen molar-refractivity contribution >= 4 is 46.7 Å². The lowest BCUT2D eigenvalue weighted by atomic mass is 10.1. The summed E-state index contributed by atoms with van der Waals surface area (Å²) in [5.41, 5.74) is 0.963. The fourth-order valence-electron chi connectivity index (χ4n) is 2.15. The zero-order valence-corrected chi connectivity index (χ0v) is 16.8. The number of hydrogen-bond acceptors (Lipinski definition) is 5. The maximum absolute atomic E-state index is 12.3. The second kappa shape index (κ2) is 9.58. The highest BCUT2D eigenvalue weighted by Crippen LogP contribution is 2.25. The molecule has 0 fully saturated rings. The first-order valence-corrected chi connectivity index (χ1v) is 9.56. The number of rotatable bonds is 7. The predicted molar refractivity (Wildman–Crippen MR) is 107 cm³/mol. The maximum atomic E-state index is 12.3. The first-order chi connectivity index (χ1) is 12.8. The standard InChI is InChI=1S/C20H20ClNO4S/c1-12(23)15-5-4-6-17(11-15)22-19(24)13(2)26-20(25)14(3)27-18-9-7-16(21)8-10-18/h4-11,13-14H,1-3H3,(H,22,24)/t13-,14+/m1/s1. The molecule has 0 radical (unpaired) electrons. The molecule has 0 aliphatic rings. The van der Waals surface area contributed by atoms with E-state index in [-0.39, 0.29) is 5.78 Å². The summed E-state index contributed by atoms with van der Waals surface area (Å²) in [7, 11) is 0. The van der Waals surface area contributed by atoms with Gasteiger partial charge in [-0.1, -0.05) is 23.7 Å². The number of ether oxygens (including phenoxy) is 1. The lowest BCUT2D eigenvalue weighted by molar-refractivity contribution is -0.152. The van der Waals surface area contributed by atoms with Crippen LogP contribution in [-0.2, 0) is 14.3 Å². The quantitative estimate of drug-likeness (QED) is 0.414. The Balaban J connectivity index is 1.90. The van der Waals surface area contributed by atoms with Gasteiger partial charge in [0.2, 0.25) is 0 Å². The van der Waals surface area contributed by atoms with Crippen molar-refractivity contribution in [3.05, 3.63) is 59.1 Å². The van der Waals surface area contributed by atoms with Gasteiger partial charge in [-0.05, 0) is 57.2 Å². The first-order valence-electron chi connectivity index (χ1n) is 8.31. The van der Waals surface area contributed by atoms with E-state index >= 15 is 0 Å². The van der Waals surface area contributed by atoms with Crippen LogP contribution in [0.2, 0.25) is 5.02 Å². The highest BCUT2D eigenvalue weighted by atomic mass is 35.5. The van der Waals surface area contributed by atoms with Crippen LogP contribution in [0.4, 0.5) is 5.69 Å². The molecule has 0 aliphatic heterocycles.